The lowest BCUT2D eigenvalue weighted by molar-refractivity contribution is -0.126. The molecule has 0 atom stereocenters. The maximum absolute atomic E-state index is 8.95. The lowest BCUT2D eigenvalue weighted by Gasteiger charge is -2.12. The standard InChI is InChI=1S/C22H28N2O2.C2H4O2/c1-15(2)19-10-8-11-20(13-19)17(4)24-26-14-22-16(3)9-7-12-21(22)18(5)23-25-6;1-4-2-3/h7-13,15H,14H2,1-6H3;2H,1H3/b23-18-,24-17+;. The molecule has 2 aromatic rings. The maximum Gasteiger partial charge on any atom is 0.292 e. The first-order valence-electron chi connectivity index (χ1n) is 9.75. The summed E-state index contributed by atoms with van der Waals surface area (Å²) in [6.07, 6.45) is 0. The lowest BCUT2D eigenvalue weighted by atomic mass is 9.99. The molecule has 0 fully saturated rings. The van der Waals surface area contributed by atoms with E-state index < -0.39 is 0 Å². The third-order valence-electron chi connectivity index (χ3n) is 4.51. The Kier molecular flexibility index (Phi) is 10.9. The van der Waals surface area contributed by atoms with Gasteiger partial charge in [0.2, 0.25) is 0 Å². The summed E-state index contributed by atoms with van der Waals surface area (Å²) in [7, 11) is 2.86. The van der Waals surface area contributed by atoms with Crippen LogP contribution in [0.25, 0.3) is 0 Å². The van der Waals surface area contributed by atoms with Gasteiger partial charge in [-0.25, -0.2) is 0 Å². The molecule has 0 amide bonds. The Morgan fingerprint density at radius 2 is 1.70 bits per heavy atom. The minimum absolute atomic E-state index is 0.375. The van der Waals surface area contributed by atoms with Crippen molar-refractivity contribution in [2.45, 2.75) is 47.1 Å². The van der Waals surface area contributed by atoms with Crippen LogP contribution in [-0.2, 0) is 25.8 Å². The van der Waals surface area contributed by atoms with E-state index in [2.05, 4.69) is 66.2 Å². The van der Waals surface area contributed by atoms with Crippen molar-refractivity contribution in [3.63, 3.8) is 0 Å². The van der Waals surface area contributed by atoms with Crippen LogP contribution in [0.1, 0.15) is 61.4 Å². The molecule has 0 saturated heterocycles. The van der Waals surface area contributed by atoms with E-state index in [1.807, 2.05) is 26.0 Å². The Morgan fingerprint density at radius 3 is 2.30 bits per heavy atom. The summed E-state index contributed by atoms with van der Waals surface area (Å²) in [5.41, 5.74) is 7.29. The van der Waals surface area contributed by atoms with E-state index in [0.29, 0.717) is 19.0 Å². The topological polar surface area (TPSA) is 69.5 Å². The second-order valence-corrected chi connectivity index (χ2v) is 7.02. The molecule has 0 bridgehead atoms. The molecule has 0 spiro atoms. The number of benzene rings is 2. The Hall–Kier alpha value is -3.15. The second-order valence-electron chi connectivity index (χ2n) is 7.02. The van der Waals surface area contributed by atoms with Crippen molar-refractivity contribution in [2.75, 3.05) is 14.2 Å². The number of methoxy groups -OCH3 is 1. The Morgan fingerprint density at radius 1 is 1.03 bits per heavy atom. The van der Waals surface area contributed by atoms with Crippen LogP contribution >= 0.6 is 0 Å². The summed E-state index contributed by atoms with van der Waals surface area (Å²) in [6, 6.07) is 14.5. The molecular formula is C24H32N2O4. The van der Waals surface area contributed by atoms with Crippen molar-refractivity contribution in [3.8, 4) is 0 Å². The first-order chi connectivity index (χ1) is 14.3. The number of nitrogens with zero attached hydrogens (tertiary/aromatic N) is 2. The molecule has 0 unspecified atom stereocenters. The van der Waals surface area contributed by atoms with Crippen LogP contribution in [0.2, 0.25) is 0 Å². The summed E-state index contributed by atoms with van der Waals surface area (Å²) >= 11 is 0. The molecule has 6 nitrogen and oxygen atoms in total. The van der Waals surface area contributed by atoms with Crippen LogP contribution < -0.4 is 0 Å². The fraction of sp³-hybridized carbons (Fsp3) is 0.375. The lowest BCUT2D eigenvalue weighted by Crippen LogP contribution is -2.05. The Labute approximate surface area is 179 Å². The van der Waals surface area contributed by atoms with Crippen LogP contribution in [-0.4, -0.2) is 32.1 Å². The van der Waals surface area contributed by atoms with Crippen LogP contribution in [0.3, 0.4) is 0 Å². The van der Waals surface area contributed by atoms with Gasteiger partial charge in [0.05, 0.1) is 18.5 Å². The van der Waals surface area contributed by atoms with E-state index >= 15 is 0 Å². The summed E-state index contributed by atoms with van der Waals surface area (Å²) in [5.74, 6) is 0.487. The highest BCUT2D eigenvalue weighted by molar-refractivity contribution is 6.00. The predicted octanol–water partition coefficient (Wildman–Crippen LogP) is 5.22. The molecule has 0 N–H and O–H groups in total. The minimum Gasteiger partial charge on any atom is -0.471 e. The normalized spacial score (nSPS) is 11.5. The average molecular weight is 413 g/mol. The van der Waals surface area contributed by atoms with Gasteiger partial charge in [0.25, 0.3) is 6.47 Å². The van der Waals surface area contributed by atoms with E-state index in [9.17, 15) is 0 Å². The highest BCUT2D eigenvalue weighted by Gasteiger charge is 2.10. The molecule has 0 radical (unpaired) electrons. The predicted molar refractivity (Wildman–Crippen MR) is 121 cm³/mol. The minimum atomic E-state index is 0.375. The maximum atomic E-state index is 8.95. The molecule has 2 rings (SSSR count). The van der Waals surface area contributed by atoms with Crippen molar-refractivity contribution in [1.82, 2.24) is 0 Å². The molecule has 0 aliphatic heterocycles. The number of carbonyl (C=O) groups is 1. The molecule has 30 heavy (non-hydrogen) atoms. The number of rotatable bonds is 8. The number of ether oxygens (including phenoxy) is 1. The van der Waals surface area contributed by atoms with Gasteiger partial charge in [-0.15, -0.1) is 0 Å². The van der Waals surface area contributed by atoms with Crippen LogP contribution in [0, 0.1) is 6.92 Å². The third-order valence-corrected chi connectivity index (χ3v) is 4.51. The highest BCUT2D eigenvalue weighted by atomic mass is 16.6. The van der Waals surface area contributed by atoms with Crippen LogP contribution in [0.4, 0.5) is 0 Å². The van der Waals surface area contributed by atoms with Gasteiger partial charge < -0.3 is 14.4 Å². The molecule has 2 aromatic carbocycles. The van der Waals surface area contributed by atoms with Crippen molar-refractivity contribution in [1.29, 1.82) is 0 Å². The number of oxime groups is 2. The van der Waals surface area contributed by atoms with Gasteiger partial charge in [-0.05, 0) is 49.4 Å². The van der Waals surface area contributed by atoms with Gasteiger partial charge in [0, 0.05) is 11.1 Å². The van der Waals surface area contributed by atoms with Crippen molar-refractivity contribution in [2.24, 2.45) is 10.3 Å². The molecule has 0 heterocycles. The molecule has 0 aliphatic rings. The molecule has 162 valence electrons. The van der Waals surface area contributed by atoms with Gasteiger partial charge >= 0.3 is 0 Å². The fourth-order valence-electron chi connectivity index (χ4n) is 2.79. The zero-order chi connectivity index (χ0) is 22.5. The summed E-state index contributed by atoms with van der Waals surface area (Å²) in [6.45, 7) is 11.1. The van der Waals surface area contributed by atoms with E-state index in [-0.39, 0.29) is 0 Å². The van der Waals surface area contributed by atoms with E-state index in [0.717, 1.165) is 33.7 Å². The van der Waals surface area contributed by atoms with E-state index in [1.54, 1.807) is 7.11 Å². The van der Waals surface area contributed by atoms with Gasteiger partial charge in [-0.2, -0.15) is 0 Å². The SMILES string of the molecule is CO/N=C(/C)c1cccc(C)c1CO/N=C(\C)c1cccc(C(C)C)c1.COC=O. The van der Waals surface area contributed by atoms with E-state index in [4.69, 9.17) is 14.5 Å². The fourth-order valence-corrected chi connectivity index (χ4v) is 2.79. The van der Waals surface area contributed by atoms with Crippen molar-refractivity contribution < 1.29 is 19.2 Å². The van der Waals surface area contributed by atoms with Gasteiger partial charge in [-0.1, -0.05) is 60.6 Å². The van der Waals surface area contributed by atoms with E-state index in [1.165, 1.54) is 12.7 Å². The molecule has 6 heteroatoms. The average Bonchev–Trinajstić information content (AvgIpc) is 2.75. The van der Waals surface area contributed by atoms with Gasteiger partial charge in [0.15, 0.2) is 0 Å². The molecular weight excluding hydrogens is 380 g/mol. The van der Waals surface area contributed by atoms with Crippen LogP contribution in [0.15, 0.2) is 52.8 Å². The van der Waals surface area contributed by atoms with Crippen molar-refractivity contribution in [3.05, 3.63) is 70.3 Å². The van der Waals surface area contributed by atoms with Gasteiger partial charge in [0.1, 0.15) is 13.7 Å². The quantitative estimate of drug-likeness (QED) is 0.339. The number of aryl methyl sites for hydroxylation is 1. The molecule has 0 aliphatic carbocycles. The van der Waals surface area contributed by atoms with Gasteiger partial charge in [-0.3, -0.25) is 4.79 Å². The molecule has 0 saturated carbocycles. The number of carbonyl (C=O) groups excluding carboxylic acids is 1. The Bertz CT molecular complexity index is 873. The third kappa shape index (κ3) is 7.70. The summed E-state index contributed by atoms with van der Waals surface area (Å²) in [4.78, 5) is 19.5. The first-order valence-corrected chi connectivity index (χ1v) is 9.75. The number of hydrogen-bond acceptors (Lipinski definition) is 6. The zero-order valence-corrected chi connectivity index (χ0v) is 18.9. The highest BCUT2D eigenvalue weighted by Crippen LogP contribution is 2.18. The van der Waals surface area contributed by atoms with Crippen LogP contribution in [0.5, 0.6) is 0 Å². The summed E-state index contributed by atoms with van der Waals surface area (Å²) < 4.78 is 3.86. The zero-order valence-electron chi connectivity index (χ0n) is 18.9. The number of hydrogen-bond donors (Lipinski definition) is 0. The largest absolute Gasteiger partial charge is 0.471 e. The Balaban J connectivity index is 0.00000103. The summed E-state index contributed by atoms with van der Waals surface area (Å²) in [5, 5.41) is 8.36. The van der Waals surface area contributed by atoms with Crippen molar-refractivity contribution >= 4 is 17.9 Å². The molecule has 0 aromatic heterocycles. The second kappa shape index (κ2) is 13.1. The smallest absolute Gasteiger partial charge is 0.292 e. The monoisotopic (exact) mass is 412 g/mol. The first kappa shape index (κ1) is 24.9.